The Bertz CT molecular complexity index is 759. The fourth-order valence-corrected chi connectivity index (χ4v) is 2.31. The molecule has 0 radical (unpaired) electrons. The largest absolute Gasteiger partial charge is 0.416 e. The summed E-state index contributed by atoms with van der Waals surface area (Å²) in [4.78, 5) is 3.07. The third kappa shape index (κ3) is 2.86. The third-order valence-corrected chi connectivity index (χ3v) is 3.36. The maximum atomic E-state index is 12.9. The van der Waals surface area contributed by atoms with Crippen molar-refractivity contribution in [3.05, 3.63) is 65.9 Å². The van der Waals surface area contributed by atoms with Crippen LogP contribution in [0.25, 0.3) is 10.9 Å². The summed E-state index contributed by atoms with van der Waals surface area (Å²) in [5.74, 6) is 0. The average molecular weight is 290 g/mol. The van der Waals surface area contributed by atoms with Crippen LogP contribution >= 0.6 is 0 Å². The average Bonchev–Trinajstić information content (AvgIpc) is 2.92. The summed E-state index contributed by atoms with van der Waals surface area (Å²) in [7, 11) is 0. The zero-order valence-electron chi connectivity index (χ0n) is 11.0. The van der Waals surface area contributed by atoms with Gasteiger partial charge in [-0.25, -0.2) is 0 Å². The Hall–Kier alpha value is -2.43. The normalized spacial score (nSPS) is 11.8. The molecular weight excluding hydrogens is 277 g/mol. The van der Waals surface area contributed by atoms with Gasteiger partial charge in [-0.1, -0.05) is 18.2 Å². The minimum absolute atomic E-state index is 0.131. The van der Waals surface area contributed by atoms with Gasteiger partial charge in [0.15, 0.2) is 0 Å². The first-order valence-corrected chi connectivity index (χ1v) is 6.50. The molecule has 0 aliphatic carbocycles. The summed E-state index contributed by atoms with van der Waals surface area (Å²) in [6, 6.07) is 13.2. The number of hydrogen-bond donors (Lipinski definition) is 2. The highest BCUT2D eigenvalue weighted by atomic mass is 19.4. The van der Waals surface area contributed by atoms with Crippen molar-refractivity contribution in [3.63, 3.8) is 0 Å². The second kappa shape index (κ2) is 5.16. The highest BCUT2D eigenvalue weighted by molar-refractivity contribution is 5.82. The van der Waals surface area contributed by atoms with E-state index in [4.69, 9.17) is 0 Å². The minimum Gasteiger partial charge on any atom is -0.381 e. The Morgan fingerprint density at radius 1 is 1.00 bits per heavy atom. The van der Waals surface area contributed by atoms with Crippen molar-refractivity contribution < 1.29 is 13.2 Å². The molecule has 0 bridgehead atoms. The minimum atomic E-state index is -4.33. The number of H-pyrrole nitrogens is 1. The summed E-state index contributed by atoms with van der Waals surface area (Å²) < 4.78 is 38.7. The van der Waals surface area contributed by atoms with Crippen LogP contribution in [0.2, 0.25) is 0 Å². The predicted octanol–water partition coefficient (Wildman–Crippen LogP) is 4.80. The van der Waals surface area contributed by atoms with Crippen LogP contribution in [0.1, 0.15) is 11.1 Å². The van der Waals surface area contributed by atoms with E-state index in [1.165, 1.54) is 12.1 Å². The van der Waals surface area contributed by atoms with Gasteiger partial charge in [0.2, 0.25) is 0 Å². The second-order valence-corrected chi connectivity index (χ2v) is 4.79. The van der Waals surface area contributed by atoms with Gasteiger partial charge in [0.25, 0.3) is 0 Å². The molecule has 21 heavy (non-hydrogen) atoms. The molecule has 0 atom stereocenters. The van der Waals surface area contributed by atoms with Crippen LogP contribution in [0.4, 0.5) is 18.9 Å². The number of alkyl halides is 3. The maximum Gasteiger partial charge on any atom is 0.416 e. The van der Waals surface area contributed by atoms with Crippen molar-refractivity contribution in [2.45, 2.75) is 12.7 Å². The van der Waals surface area contributed by atoms with Gasteiger partial charge >= 0.3 is 6.18 Å². The molecule has 3 rings (SSSR count). The Morgan fingerprint density at radius 2 is 1.81 bits per heavy atom. The molecule has 0 saturated heterocycles. The highest BCUT2D eigenvalue weighted by Crippen LogP contribution is 2.32. The smallest absolute Gasteiger partial charge is 0.381 e. The fraction of sp³-hybridized carbons (Fsp3) is 0.125. The zero-order valence-corrected chi connectivity index (χ0v) is 11.0. The summed E-state index contributed by atoms with van der Waals surface area (Å²) in [6.45, 7) is 0.131. The lowest BCUT2D eigenvalue weighted by Crippen LogP contribution is -2.11. The van der Waals surface area contributed by atoms with Crippen LogP contribution < -0.4 is 5.32 Å². The molecule has 0 spiro atoms. The molecule has 0 saturated carbocycles. The second-order valence-electron chi connectivity index (χ2n) is 4.79. The number of aromatic nitrogens is 1. The summed E-state index contributed by atoms with van der Waals surface area (Å²) >= 11 is 0. The number of benzene rings is 2. The molecule has 1 heterocycles. The van der Waals surface area contributed by atoms with Gasteiger partial charge in [-0.15, -0.1) is 0 Å². The van der Waals surface area contributed by atoms with Crippen molar-refractivity contribution in [2.24, 2.45) is 0 Å². The van der Waals surface area contributed by atoms with E-state index < -0.39 is 11.7 Å². The van der Waals surface area contributed by atoms with E-state index >= 15 is 0 Å². The first-order valence-electron chi connectivity index (χ1n) is 6.50. The number of nitrogens with one attached hydrogen (secondary N) is 2. The SMILES string of the molecule is FC(F)(F)c1ccccc1CNc1ccc2[nH]ccc2c1. The van der Waals surface area contributed by atoms with Crippen LogP contribution in [0, 0.1) is 0 Å². The number of aromatic amines is 1. The van der Waals surface area contributed by atoms with Crippen molar-refractivity contribution in [1.29, 1.82) is 0 Å². The number of fused-ring (bicyclic) bond motifs is 1. The number of hydrogen-bond acceptors (Lipinski definition) is 1. The molecule has 5 heteroatoms. The number of anilines is 1. The van der Waals surface area contributed by atoms with Gasteiger partial charge < -0.3 is 10.3 Å². The summed E-state index contributed by atoms with van der Waals surface area (Å²) in [6.07, 6.45) is -2.50. The van der Waals surface area contributed by atoms with Crippen molar-refractivity contribution in [2.75, 3.05) is 5.32 Å². The molecule has 2 nitrogen and oxygen atoms in total. The third-order valence-electron chi connectivity index (χ3n) is 3.36. The molecule has 0 fully saturated rings. The van der Waals surface area contributed by atoms with Crippen molar-refractivity contribution in [1.82, 2.24) is 4.98 Å². The lowest BCUT2D eigenvalue weighted by molar-refractivity contribution is -0.138. The maximum absolute atomic E-state index is 12.9. The molecule has 0 amide bonds. The van der Waals surface area contributed by atoms with Crippen molar-refractivity contribution in [3.8, 4) is 0 Å². The Kier molecular flexibility index (Phi) is 3.33. The quantitative estimate of drug-likeness (QED) is 0.712. The van der Waals surface area contributed by atoms with Gasteiger partial charge in [0, 0.05) is 29.3 Å². The first kappa shape index (κ1) is 13.5. The van der Waals surface area contributed by atoms with E-state index in [1.807, 2.05) is 30.5 Å². The van der Waals surface area contributed by atoms with Gasteiger partial charge in [-0.05, 0) is 35.9 Å². The van der Waals surface area contributed by atoms with E-state index in [-0.39, 0.29) is 12.1 Å². The van der Waals surface area contributed by atoms with Crippen LogP contribution in [-0.2, 0) is 12.7 Å². The molecular formula is C16H13F3N2. The summed E-state index contributed by atoms with van der Waals surface area (Å²) in [5, 5.41) is 4.06. The predicted molar refractivity (Wildman–Crippen MR) is 77.1 cm³/mol. The van der Waals surface area contributed by atoms with Crippen molar-refractivity contribution >= 4 is 16.6 Å². The molecule has 0 unspecified atom stereocenters. The zero-order chi connectivity index (χ0) is 14.9. The first-order chi connectivity index (χ1) is 10.0. The van der Waals surface area contributed by atoms with E-state index in [0.717, 1.165) is 22.7 Å². The standard InChI is InChI=1S/C16H13F3N2/c17-16(18,19)14-4-2-1-3-12(14)10-21-13-5-6-15-11(9-13)7-8-20-15/h1-9,20-21H,10H2. The lowest BCUT2D eigenvalue weighted by Gasteiger charge is -2.14. The Morgan fingerprint density at radius 3 is 2.62 bits per heavy atom. The van der Waals surface area contributed by atoms with E-state index in [1.54, 1.807) is 6.07 Å². The summed E-state index contributed by atoms with van der Waals surface area (Å²) in [5.41, 5.74) is 1.43. The van der Waals surface area contributed by atoms with Crippen LogP contribution in [-0.4, -0.2) is 4.98 Å². The fourth-order valence-electron chi connectivity index (χ4n) is 2.31. The lowest BCUT2D eigenvalue weighted by atomic mass is 10.1. The van der Waals surface area contributed by atoms with Gasteiger partial charge in [-0.2, -0.15) is 13.2 Å². The molecule has 3 aromatic rings. The van der Waals surface area contributed by atoms with Crippen LogP contribution in [0.3, 0.4) is 0 Å². The van der Waals surface area contributed by atoms with Crippen LogP contribution in [0.5, 0.6) is 0 Å². The highest BCUT2D eigenvalue weighted by Gasteiger charge is 2.32. The number of rotatable bonds is 3. The van der Waals surface area contributed by atoms with Gasteiger partial charge in [-0.3, -0.25) is 0 Å². The molecule has 0 aliphatic rings. The monoisotopic (exact) mass is 290 g/mol. The van der Waals surface area contributed by atoms with Gasteiger partial charge in [0.1, 0.15) is 0 Å². The molecule has 2 N–H and O–H groups in total. The van der Waals surface area contributed by atoms with E-state index in [0.29, 0.717) is 0 Å². The topological polar surface area (TPSA) is 27.8 Å². The van der Waals surface area contributed by atoms with Crippen LogP contribution in [0.15, 0.2) is 54.7 Å². The molecule has 108 valence electrons. The van der Waals surface area contributed by atoms with E-state index in [9.17, 15) is 13.2 Å². The molecule has 0 aliphatic heterocycles. The molecule has 2 aromatic carbocycles. The Balaban J connectivity index is 1.81. The van der Waals surface area contributed by atoms with Gasteiger partial charge in [0.05, 0.1) is 5.56 Å². The van der Waals surface area contributed by atoms with E-state index in [2.05, 4.69) is 10.3 Å². The number of halogens is 3. The molecule has 1 aromatic heterocycles. The Labute approximate surface area is 119 Å².